The van der Waals surface area contributed by atoms with E-state index in [1.54, 1.807) is 20.1 Å². The maximum atomic E-state index is 12.8. The van der Waals surface area contributed by atoms with E-state index in [1.807, 2.05) is 36.4 Å². The fraction of sp³-hybridized carbons (Fsp3) is 0.211. The monoisotopic (exact) mass is 387 g/mol. The van der Waals surface area contributed by atoms with Crippen molar-refractivity contribution in [3.8, 4) is 5.75 Å². The minimum absolute atomic E-state index is 0.312. The Hall–Kier alpha value is -2.38. The van der Waals surface area contributed by atoms with Crippen LogP contribution in [0, 0.1) is 0 Å². The van der Waals surface area contributed by atoms with Gasteiger partial charge in [0.2, 0.25) is 0 Å². The van der Waals surface area contributed by atoms with E-state index in [0.717, 1.165) is 16.3 Å². The molecule has 0 N–H and O–H groups in total. The van der Waals surface area contributed by atoms with Crippen molar-refractivity contribution in [2.24, 2.45) is 0 Å². The molecule has 134 valence electrons. The summed E-state index contributed by atoms with van der Waals surface area (Å²) in [7, 11) is 2.87. The fourth-order valence-electron chi connectivity index (χ4n) is 2.82. The lowest BCUT2D eigenvalue weighted by Gasteiger charge is -2.20. The van der Waals surface area contributed by atoms with Crippen molar-refractivity contribution in [1.82, 2.24) is 4.90 Å². The quantitative estimate of drug-likeness (QED) is 0.454. The number of amides is 1. The van der Waals surface area contributed by atoms with Gasteiger partial charge in [0.1, 0.15) is 16.1 Å². The van der Waals surface area contributed by atoms with E-state index in [4.69, 9.17) is 21.7 Å². The Morgan fingerprint density at radius 3 is 2.65 bits per heavy atom. The average Bonchev–Trinajstić information content (AvgIpc) is 2.94. The summed E-state index contributed by atoms with van der Waals surface area (Å²) in [4.78, 5) is 26.4. The number of carbonyl (C=O) groups excluding carboxylic acids is 2. The van der Waals surface area contributed by atoms with Crippen molar-refractivity contribution in [2.75, 3.05) is 14.2 Å². The van der Waals surface area contributed by atoms with Gasteiger partial charge in [-0.05, 0) is 29.8 Å². The van der Waals surface area contributed by atoms with Crippen LogP contribution in [0.5, 0.6) is 5.75 Å². The molecule has 1 fully saturated rings. The number of fused-ring (bicyclic) bond motifs is 1. The molecule has 1 amide bonds. The summed E-state index contributed by atoms with van der Waals surface area (Å²) in [5.41, 5.74) is 0.803. The molecule has 2 aromatic rings. The summed E-state index contributed by atoms with van der Waals surface area (Å²) in [5, 5.41) is 2.01. The molecule has 0 spiro atoms. The van der Waals surface area contributed by atoms with E-state index in [9.17, 15) is 9.59 Å². The zero-order valence-corrected chi connectivity index (χ0v) is 16.1. The summed E-state index contributed by atoms with van der Waals surface area (Å²) in [5.74, 6) is -0.159. The maximum Gasteiger partial charge on any atom is 0.328 e. The van der Waals surface area contributed by atoms with Crippen molar-refractivity contribution in [2.45, 2.75) is 13.0 Å². The van der Waals surface area contributed by atoms with Crippen molar-refractivity contribution in [1.29, 1.82) is 0 Å². The topological polar surface area (TPSA) is 55.8 Å². The SMILES string of the molecule is COC(=O)C(C)N1C(=O)C(=Cc2c(OC)ccc3ccccc23)SC1=S. The lowest BCUT2D eigenvalue weighted by molar-refractivity contribution is -0.147. The van der Waals surface area contributed by atoms with Crippen LogP contribution in [0.25, 0.3) is 16.8 Å². The van der Waals surface area contributed by atoms with Gasteiger partial charge < -0.3 is 9.47 Å². The number of nitrogens with zero attached hydrogens (tertiary/aromatic N) is 1. The Bertz CT molecular complexity index is 938. The third-order valence-corrected chi connectivity index (χ3v) is 5.51. The Balaban J connectivity index is 2.06. The number of thiocarbonyl (C=S) groups is 1. The van der Waals surface area contributed by atoms with Crippen molar-refractivity contribution in [3.05, 3.63) is 46.9 Å². The third kappa shape index (κ3) is 3.20. The second-order valence-electron chi connectivity index (χ2n) is 5.65. The zero-order chi connectivity index (χ0) is 18.8. The van der Waals surface area contributed by atoms with E-state index < -0.39 is 12.0 Å². The first kappa shape index (κ1) is 18.4. The Labute approximate surface area is 160 Å². The predicted molar refractivity (Wildman–Crippen MR) is 107 cm³/mol. The molecule has 1 aliphatic heterocycles. The van der Waals surface area contributed by atoms with Crippen molar-refractivity contribution < 1.29 is 19.1 Å². The third-order valence-electron chi connectivity index (χ3n) is 4.18. The largest absolute Gasteiger partial charge is 0.496 e. The molecule has 26 heavy (non-hydrogen) atoms. The van der Waals surface area contributed by atoms with Gasteiger partial charge >= 0.3 is 5.97 Å². The Morgan fingerprint density at radius 2 is 1.96 bits per heavy atom. The standard InChI is InChI=1S/C19H17NO4S2/c1-11(18(22)24-3)20-17(21)16(26-19(20)25)10-14-13-7-5-4-6-12(13)8-9-15(14)23-2/h4-11H,1-3H3. The number of esters is 1. The van der Waals surface area contributed by atoms with Crippen LogP contribution < -0.4 is 4.74 Å². The van der Waals surface area contributed by atoms with Crippen molar-refractivity contribution in [3.63, 3.8) is 0 Å². The van der Waals surface area contributed by atoms with E-state index in [-0.39, 0.29) is 5.91 Å². The zero-order valence-electron chi connectivity index (χ0n) is 14.5. The maximum absolute atomic E-state index is 12.8. The van der Waals surface area contributed by atoms with Gasteiger partial charge in [0.25, 0.3) is 5.91 Å². The van der Waals surface area contributed by atoms with Crippen LogP contribution in [0.1, 0.15) is 12.5 Å². The number of rotatable bonds is 4. The van der Waals surface area contributed by atoms with Crippen LogP contribution in [0.15, 0.2) is 41.3 Å². The molecule has 1 saturated heterocycles. The highest BCUT2D eigenvalue weighted by atomic mass is 32.2. The molecule has 1 atom stereocenters. The van der Waals surface area contributed by atoms with Gasteiger partial charge in [0.05, 0.1) is 19.1 Å². The van der Waals surface area contributed by atoms with Gasteiger partial charge in [-0.1, -0.05) is 54.3 Å². The summed E-state index contributed by atoms with van der Waals surface area (Å²) >= 11 is 6.47. The first-order valence-electron chi connectivity index (χ1n) is 7.88. The van der Waals surface area contributed by atoms with Crippen molar-refractivity contribution >= 4 is 57.0 Å². The summed E-state index contributed by atoms with van der Waals surface area (Å²) < 4.78 is 10.5. The van der Waals surface area contributed by atoms with Gasteiger partial charge in [0.15, 0.2) is 0 Å². The van der Waals surface area contributed by atoms with E-state index in [0.29, 0.717) is 15.0 Å². The van der Waals surface area contributed by atoms with Gasteiger partial charge in [-0.25, -0.2) is 4.79 Å². The molecule has 0 aliphatic carbocycles. The molecule has 5 nitrogen and oxygen atoms in total. The van der Waals surface area contributed by atoms with Crippen LogP contribution in [-0.4, -0.2) is 41.4 Å². The van der Waals surface area contributed by atoms with Crippen LogP contribution in [0.3, 0.4) is 0 Å². The van der Waals surface area contributed by atoms with Gasteiger partial charge in [-0.2, -0.15) is 0 Å². The number of carbonyl (C=O) groups is 2. The summed E-state index contributed by atoms with van der Waals surface area (Å²) in [6.45, 7) is 1.60. The highest BCUT2D eigenvalue weighted by molar-refractivity contribution is 8.26. The normalized spacial score (nSPS) is 17.0. The molecule has 1 heterocycles. The average molecular weight is 387 g/mol. The van der Waals surface area contributed by atoms with Crippen LogP contribution in [0.2, 0.25) is 0 Å². The summed E-state index contributed by atoms with van der Waals surface area (Å²) in [6.07, 6.45) is 1.77. The number of thioether (sulfide) groups is 1. The molecule has 1 aliphatic rings. The minimum Gasteiger partial charge on any atom is -0.496 e. The molecule has 0 bridgehead atoms. The molecule has 3 rings (SSSR count). The Kier molecular flexibility index (Phi) is 5.29. The molecular formula is C19H17NO4S2. The predicted octanol–water partition coefficient (Wildman–Crippen LogP) is 3.61. The van der Waals surface area contributed by atoms with E-state index in [1.165, 1.54) is 23.8 Å². The first-order chi connectivity index (χ1) is 12.5. The lowest BCUT2D eigenvalue weighted by Crippen LogP contribution is -2.42. The number of methoxy groups -OCH3 is 2. The smallest absolute Gasteiger partial charge is 0.328 e. The molecule has 2 aromatic carbocycles. The number of hydrogen-bond donors (Lipinski definition) is 0. The minimum atomic E-state index is -0.771. The summed E-state index contributed by atoms with van der Waals surface area (Å²) in [6, 6.07) is 10.9. The lowest BCUT2D eigenvalue weighted by atomic mass is 10.0. The van der Waals surface area contributed by atoms with Gasteiger partial charge in [-0.15, -0.1) is 0 Å². The molecule has 7 heteroatoms. The van der Waals surface area contributed by atoms with Crippen LogP contribution in [-0.2, 0) is 14.3 Å². The van der Waals surface area contributed by atoms with Gasteiger partial charge in [-0.3, -0.25) is 9.69 Å². The molecular weight excluding hydrogens is 370 g/mol. The van der Waals surface area contributed by atoms with E-state index >= 15 is 0 Å². The molecule has 1 unspecified atom stereocenters. The Morgan fingerprint density at radius 1 is 1.23 bits per heavy atom. The van der Waals surface area contributed by atoms with Gasteiger partial charge in [0, 0.05) is 5.56 Å². The molecule has 0 radical (unpaired) electrons. The second-order valence-corrected chi connectivity index (χ2v) is 7.33. The van der Waals surface area contributed by atoms with E-state index in [2.05, 4.69) is 0 Å². The first-order valence-corrected chi connectivity index (χ1v) is 9.11. The highest BCUT2D eigenvalue weighted by Crippen LogP contribution is 2.37. The number of benzene rings is 2. The van der Waals surface area contributed by atoms with Crippen LogP contribution >= 0.6 is 24.0 Å². The fourth-order valence-corrected chi connectivity index (χ4v) is 4.22. The number of ether oxygens (including phenoxy) is 2. The number of hydrogen-bond acceptors (Lipinski definition) is 6. The van der Waals surface area contributed by atoms with Crippen LogP contribution in [0.4, 0.5) is 0 Å². The molecule has 0 saturated carbocycles. The molecule has 0 aromatic heterocycles. The highest BCUT2D eigenvalue weighted by Gasteiger charge is 2.38. The second kappa shape index (κ2) is 7.47.